The number of carbonyl (C=O) groups is 2. The minimum atomic E-state index is -0.368. The van der Waals surface area contributed by atoms with Crippen LogP contribution in [-0.2, 0) is 16.0 Å². The Hall–Kier alpha value is -1.67. The van der Waals surface area contributed by atoms with Crippen molar-refractivity contribution in [3.63, 3.8) is 0 Å². The zero-order valence-electron chi connectivity index (χ0n) is 17.6. The molecule has 0 aliphatic carbocycles. The monoisotopic (exact) mass is 641 g/mol. The summed E-state index contributed by atoms with van der Waals surface area (Å²) in [5.74, 6) is 2.61. The van der Waals surface area contributed by atoms with Crippen LogP contribution in [0.5, 0.6) is 0 Å². The van der Waals surface area contributed by atoms with Crippen molar-refractivity contribution in [2.75, 3.05) is 12.4 Å². The van der Waals surface area contributed by atoms with E-state index in [2.05, 4.69) is 21.9 Å². The van der Waals surface area contributed by atoms with E-state index in [1.165, 1.54) is 23.1 Å². The Kier molecular flexibility index (Phi) is 10.4. The summed E-state index contributed by atoms with van der Waals surface area (Å²) in [6.07, 6.45) is 9.37. The van der Waals surface area contributed by atoms with Crippen molar-refractivity contribution in [3.8, 4) is 18.0 Å². The smallest absolute Gasteiger partial charge is 0.310 e. The van der Waals surface area contributed by atoms with Gasteiger partial charge >= 0.3 is 5.97 Å². The molecule has 8 heteroatoms. The third-order valence-corrected chi connectivity index (χ3v) is 7.34. The van der Waals surface area contributed by atoms with Crippen LogP contribution in [0.25, 0.3) is 5.69 Å². The van der Waals surface area contributed by atoms with Crippen LogP contribution in [0.15, 0.2) is 57.5 Å². The molecule has 0 saturated heterocycles. The lowest BCUT2D eigenvalue weighted by Gasteiger charge is -2.06. The number of ether oxygens (including phenoxy) is 1. The van der Waals surface area contributed by atoms with Crippen LogP contribution in [0.4, 0.5) is 0 Å². The number of pyridine rings is 1. The minimum Gasteiger partial charge on any atom is -1.00 e. The number of carbonyl (C=O) groups excluding carboxylic acids is 2. The summed E-state index contributed by atoms with van der Waals surface area (Å²) in [4.78, 5) is 26.4. The normalized spacial score (nSPS) is 10.2. The highest BCUT2D eigenvalue weighted by atomic mass is 127. The average Bonchev–Trinajstić information content (AvgIpc) is 3.11. The van der Waals surface area contributed by atoms with E-state index in [-0.39, 0.29) is 48.8 Å². The summed E-state index contributed by atoms with van der Waals surface area (Å²) in [6.45, 7) is 4.06. The number of thioether (sulfide) groups is 1. The predicted octanol–water partition coefficient (Wildman–Crippen LogP) is 2.16. The fourth-order valence-electron chi connectivity index (χ4n) is 2.99. The highest BCUT2D eigenvalue weighted by molar-refractivity contribution is 9.10. The van der Waals surface area contributed by atoms with Gasteiger partial charge in [0.1, 0.15) is 4.21 Å². The molecule has 3 rings (SSSR count). The maximum Gasteiger partial charge on any atom is 0.310 e. The van der Waals surface area contributed by atoms with Crippen LogP contribution in [0.1, 0.15) is 33.3 Å². The first-order chi connectivity index (χ1) is 14.9. The summed E-state index contributed by atoms with van der Waals surface area (Å²) in [6, 6.07) is 11.2. The number of nitrogens with zero attached hydrogens (tertiary/aromatic N) is 1. The molecule has 0 N–H and O–H groups in total. The fraction of sp³-hybridized carbons (Fsp3) is 0.208. The molecular formula is C24H21BrINO3S2. The maximum atomic E-state index is 13.4. The van der Waals surface area contributed by atoms with E-state index in [9.17, 15) is 9.59 Å². The summed E-state index contributed by atoms with van der Waals surface area (Å²) in [5, 5.41) is 0. The number of esters is 1. The molecule has 2 aromatic heterocycles. The predicted molar refractivity (Wildman–Crippen MR) is 128 cm³/mol. The Morgan fingerprint density at radius 3 is 2.44 bits per heavy atom. The summed E-state index contributed by atoms with van der Waals surface area (Å²) >= 11 is 6.26. The van der Waals surface area contributed by atoms with E-state index in [1.54, 1.807) is 19.1 Å². The van der Waals surface area contributed by atoms with Crippen LogP contribution in [0, 0.1) is 19.3 Å². The Balaban J connectivity index is 0.00000363. The second kappa shape index (κ2) is 12.5. The number of halogens is 2. The number of thiophene rings is 1. The van der Waals surface area contributed by atoms with Gasteiger partial charge in [0.15, 0.2) is 12.4 Å². The number of rotatable bonds is 8. The van der Waals surface area contributed by atoms with Gasteiger partial charge in [0.2, 0.25) is 11.5 Å². The van der Waals surface area contributed by atoms with E-state index in [0.717, 1.165) is 19.9 Å². The summed E-state index contributed by atoms with van der Waals surface area (Å²) < 4.78 is 8.93. The molecule has 0 bridgehead atoms. The topological polar surface area (TPSA) is 47.3 Å². The molecule has 0 aliphatic heterocycles. The molecule has 0 atom stereocenters. The molecule has 0 aliphatic rings. The van der Waals surface area contributed by atoms with Gasteiger partial charge in [-0.05, 0) is 43.7 Å². The number of aromatic nitrogens is 1. The zero-order chi connectivity index (χ0) is 22.4. The summed E-state index contributed by atoms with van der Waals surface area (Å²) in [7, 11) is 0. The number of hydrogen-bond acceptors (Lipinski definition) is 5. The van der Waals surface area contributed by atoms with Crippen molar-refractivity contribution < 1.29 is 42.9 Å². The number of ketones is 1. The van der Waals surface area contributed by atoms with E-state index in [1.807, 2.05) is 48.1 Å². The number of hydrogen-bond donors (Lipinski definition) is 0. The molecule has 3 aromatic rings. The Morgan fingerprint density at radius 1 is 1.19 bits per heavy atom. The van der Waals surface area contributed by atoms with Crippen LogP contribution >= 0.6 is 39.0 Å². The largest absolute Gasteiger partial charge is 1.00 e. The third kappa shape index (κ3) is 6.44. The van der Waals surface area contributed by atoms with Crippen LogP contribution < -0.4 is 28.5 Å². The number of aryl methyl sites for hydroxylation is 1. The molecule has 2 heterocycles. The molecule has 4 nitrogen and oxygen atoms in total. The Labute approximate surface area is 221 Å². The van der Waals surface area contributed by atoms with Gasteiger partial charge < -0.3 is 28.7 Å². The first-order valence-corrected chi connectivity index (χ1v) is 12.2. The van der Waals surface area contributed by atoms with Crippen molar-refractivity contribution in [2.45, 2.75) is 24.5 Å². The van der Waals surface area contributed by atoms with Gasteiger partial charge in [-0.3, -0.25) is 9.59 Å². The highest BCUT2D eigenvalue weighted by Crippen LogP contribution is 2.38. The van der Waals surface area contributed by atoms with Gasteiger partial charge in [-0.15, -0.1) is 17.8 Å². The zero-order valence-corrected chi connectivity index (χ0v) is 22.9. The van der Waals surface area contributed by atoms with Crippen molar-refractivity contribution >= 4 is 50.8 Å². The lowest BCUT2D eigenvalue weighted by Crippen LogP contribution is -3.00. The van der Waals surface area contributed by atoms with Crippen molar-refractivity contribution in [3.05, 3.63) is 74.8 Å². The maximum absolute atomic E-state index is 13.4. The van der Waals surface area contributed by atoms with Crippen molar-refractivity contribution in [1.29, 1.82) is 0 Å². The van der Waals surface area contributed by atoms with Gasteiger partial charge in [-0.1, -0.05) is 33.6 Å². The van der Waals surface area contributed by atoms with Crippen LogP contribution in [0.3, 0.4) is 0 Å². The standard InChI is InChI=1S/C24H21BrNO3S2.HI/c1-4-14-30-24-21(26-12-10-16(3)11-13-26)19(15-20(27)29-5-2)23(31-24)22(28)17-6-8-18(25)9-7-17;/h1,6-13H,5,14-15H2,2-3H3;1H/q+1;/p-1. The van der Waals surface area contributed by atoms with Gasteiger partial charge in [0.25, 0.3) is 0 Å². The molecule has 32 heavy (non-hydrogen) atoms. The highest BCUT2D eigenvalue weighted by Gasteiger charge is 2.31. The molecule has 0 fully saturated rings. The Morgan fingerprint density at radius 2 is 1.84 bits per heavy atom. The molecule has 166 valence electrons. The first-order valence-electron chi connectivity index (χ1n) is 9.60. The average molecular weight is 642 g/mol. The molecule has 0 amide bonds. The van der Waals surface area contributed by atoms with Crippen LogP contribution in [0.2, 0.25) is 0 Å². The minimum absolute atomic E-state index is 0. The number of terminal acetylenes is 1. The van der Waals surface area contributed by atoms with Crippen LogP contribution in [-0.4, -0.2) is 24.1 Å². The fourth-order valence-corrected chi connectivity index (χ4v) is 5.51. The lowest BCUT2D eigenvalue weighted by atomic mass is 10.0. The Bertz CT molecular complexity index is 1140. The van der Waals surface area contributed by atoms with Gasteiger partial charge in [0.05, 0.1) is 29.2 Å². The molecule has 1 aromatic carbocycles. The summed E-state index contributed by atoms with van der Waals surface area (Å²) in [5.41, 5.74) is 3.13. The van der Waals surface area contributed by atoms with Gasteiger partial charge in [0, 0.05) is 22.2 Å². The van der Waals surface area contributed by atoms with E-state index in [0.29, 0.717) is 21.8 Å². The molecule has 0 saturated carbocycles. The lowest BCUT2D eigenvalue weighted by molar-refractivity contribution is -0.598. The van der Waals surface area contributed by atoms with Crippen molar-refractivity contribution in [2.24, 2.45) is 0 Å². The third-order valence-electron chi connectivity index (χ3n) is 4.43. The van der Waals surface area contributed by atoms with E-state index in [4.69, 9.17) is 11.2 Å². The molecular weight excluding hydrogens is 621 g/mol. The number of benzene rings is 1. The first kappa shape index (κ1) is 26.6. The van der Waals surface area contributed by atoms with E-state index < -0.39 is 0 Å². The van der Waals surface area contributed by atoms with Crippen molar-refractivity contribution in [1.82, 2.24) is 0 Å². The second-order valence-corrected chi connectivity index (χ2v) is 9.82. The van der Waals surface area contributed by atoms with E-state index >= 15 is 0 Å². The SMILES string of the molecule is C#CCSc1sc(C(=O)c2ccc(Br)cc2)c(CC(=O)OCC)c1-[n+]1ccc(C)cc1.[I-]. The second-order valence-electron chi connectivity index (χ2n) is 6.64. The molecule has 0 spiro atoms. The van der Waals surface area contributed by atoms with Gasteiger partial charge in [-0.2, -0.15) is 4.57 Å². The molecule has 0 unspecified atom stereocenters. The molecule has 0 radical (unpaired) electrons. The van der Waals surface area contributed by atoms with Gasteiger partial charge in [-0.25, -0.2) is 0 Å². The quantitative estimate of drug-likeness (QED) is 0.0945.